The van der Waals surface area contributed by atoms with E-state index in [1.165, 1.54) is 11.3 Å². The first-order valence-corrected chi connectivity index (χ1v) is 13.3. The molecule has 196 valence electrons. The van der Waals surface area contributed by atoms with Crippen LogP contribution in [0.15, 0.2) is 48.5 Å². The third-order valence-electron chi connectivity index (χ3n) is 7.11. The summed E-state index contributed by atoms with van der Waals surface area (Å²) >= 11 is 0. The summed E-state index contributed by atoms with van der Waals surface area (Å²) in [6, 6.07) is 16.7. The van der Waals surface area contributed by atoms with E-state index in [2.05, 4.69) is 34.6 Å². The van der Waals surface area contributed by atoms with E-state index in [9.17, 15) is 4.79 Å². The molecule has 2 aliphatic heterocycles. The molecule has 0 saturated heterocycles. The number of anilines is 1. The highest BCUT2D eigenvalue weighted by Crippen LogP contribution is 2.38. The molecule has 3 heterocycles. The standard InChI is InChI=1S/C30H37N3O4/c1-20-11-14-24-26(31-20)15-16-27-28(24)37-23(19-36-27)18-33(30(2,3)4)29(34)35-17-7-9-22-13-12-21-8-5-6-10-25(21)32-22/h5-6,8,10-11,14-16,22-23,32H,7,9,12-13,17-19H2,1-4H3/t22?,23-/m0/s1. The van der Waals surface area contributed by atoms with Gasteiger partial charge in [-0.05, 0) is 89.3 Å². The first-order valence-electron chi connectivity index (χ1n) is 13.3. The first kappa shape index (κ1) is 25.2. The molecule has 0 fully saturated rings. The predicted molar refractivity (Wildman–Crippen MR) is 146 cm³/mol. The molecule has 2 aliphatic rings. The van der Waals surface area contributed by atoms with Crippen molar-refractivity contribution in [1.82, 2.24) is 9.88 Å². The van der Waals surface area contributed by atoms with Gasteiger partial charge in [0.2, 0.25) is 0 Å². The van der Waals surface area contributed by atoms with E-state index in [0.29, 0.717) is 37.3 Å². The minimum Gasteiger partial charge on any atom is -0.486 e. The van der Waals surface area contributed by atoms with Gasteiger partial charge < -0.3 is 19.5 Å². The van der Waals surface area contributed by atoms with Crippen LogP contribution in [0.3, 0.4) is 0 Å². The molecule has 0 saturated carbocycles. The number of pyridine rings is 1. The lowest BCUT2D eigenvalue weighted by atomic mass is 9.95. The maximum atomic E-state index is 13.2. The quantitative estimate of drug-likeness (QED) is 0.408. The topological polar surface area (TPSA) is 72.9 Å². The Labute approximate surface area is 219 Å². The van der Waals surface area contributed by atoms with Gasteiger partial charge in [-0.3, -0.25) is 9.88 Å². The smallest absolute Gasteiger partial charge is 0.410 e. The number of ether oxygens (including phenoxy) is 3. The van der Waals surface area contributed by atoms with Crippen LogP contribution in [0.1, 0.15) is 51.3 Å². The molecule has 3 aromatic rings. The number of amides is 1. The molecule has 1 amide bonds. The van der Waals surface area contributed by atoms with E-state index in [4.69, 9.17) is 14.2 Å². The van der Waals surface area contributed by atoms with Crippen molar-refractivity contribution in [2.45, 2.75) is 71.1 Å². The van der Waals surface area contributed by atoms with Crippen LogP contribution in [-0.2, 0) is 11.2 Å². The number of benzene rings is 2. The second-order valence-electron chi connectivity index (χ2n) is 11.0. The molecule has 0 spiro atoms. The lowest BCUT2D eigenvalue weighted by Gasteiger charge is -2.38. The van der Waals surface area contributed by atoms with Crippen molar-refractivity contribution in [1.29, 1.82) is 0 Å². The van der Waals surface area contributed by atoms with Crippen molar-refractivity contribution in [3.63, 3.8) is 0 Å². The van der Waals surface area contributed by atoms with Crippen LogP contribution in [0.25, 0.3) is 10.9 Å². The van der Waals surface area contributed by atoms with Crippen LogP contribution < -0.4 is 14.8 Å². The molecule has 37 heavy (non-hydrogen) atoms. The van der Waals surface area contributed by atoms with Crippen molar-refractivity contribution >= 4 is 22.7 Å². The van der Waals surface area contributed by atoms with Crippen LogP contribution in [0, 0.1) is 6.92 Å². The van der Waals surface area contributed by atoms with E-state index in [0.717, 1.165) is 42.3 Å². The third-order valence-corrected chi connectivity index (χ3v) is 7.11. The average molecular weight is 504 g/mol. The summed E-state index contributed by atoms with van der Waals surface area (Å²) in [4.78, 5) is 19.5. The van der Waals surface area contributed by atoms with Gasteiger partial charge in [0, 0.05) is 28.3 Å². The summed E-state index contributed by atoms with van der Waals surface area (Å²) in [7, 11) is 0. The SMILES string of the molecule is Cc1ccc2c3c(ccc2n1)OC[C@H](CN(C(=O)OCCCC1CCc2ccccc2N1)C(C)(C)C)O3. The first-order chi connectivity index (χ1) is 17.8. The number of aromatic nitrogens is 1. The van der Waals surface area contributed by atoms with E-state index in [1.807, 2.05) is 52.0 Å². The monoisotopic (exact) mass is 503 g/mol. The summed E-state index contributed by atoms with van der Waals surface area (Å²) in [6.45, 7) is 9.14. The second-order valence-corrected chi connectivity index (χ2v) is 11.0. The highest BCUT2D eigenvalue weighted by atomic mass is 16.6. The number of carbonyl (C=O) groups excluding carboxylic acids is 1. The van der Waals surface area contributed by atoms with Crippen molar-refractivity contribution in [3.05, 3.63) is 59.8 Å². The van der Waals surface area contributed by atoms with E-state index < -0.39 is 5.54 Å². The Bertz CT molecular complexity index is 1270. The van der Waals surface area contributed by atoms with Crippen LogP contribution in [0.5, 0.6) is 11.5 Å². The van der Waals surface area contributed by atoms with Crippen LogP contribution in [-0.4, -0.2) is 53.4 Å². The third kappa shape index (κ3) is 5.76. The Morgan fingerprint density at radius 3 is 2.84 bits per heavy atom. The molecule has 0 bridgehead atoms. The Morgan fingerprint density at radius 2 is 2.00 bits per heavy atom. The summed E-state index contributed by atoms with van der Waals surface area (Å²) in [5.41, 5.74) is 4.00. The summed E-state index contributed by atoms with van der Waals surface area (Å²) in [5.74, 6) is 1.39. The Kier molecular flexibility index (Phi) is 7.13. The zero-order valence-corrected chi connectivity index (χ0v) is 22.3. The number of rotatable bonds is 6. The minimum atomic E-state index is -0.424. The Morgan fingerprint density at radius 1 is 1.16 bits per heavy atom. The zero-order chi connectivity index (χ0) is 26.0. The number of hydrogen-bond acceptors (Lipinski definition) is 6. The van der Waals surface area contributed by atoms with Gasteiger partial charge in [-0.15, -0.1) is 0 Å². The van der Waals surface area contributed by atoms with E-state index >= 15 is 0 Å². The van der Waals surface area contributed by atoms with Crippen molar-refractivity contribution < 1.29 is 19.0 Å². The molecular formula is C30H37N3O4. The van der Waals surface area contributed by atoms with Crippen LogP contribution >= 0.6 is 0 Å². The molecule has 1 unspecified atom stereocenters. The summed E-state index contributed by atoms with van der Waals surface area (Å²) in [5, 5.41) is 4.54. The molecule has 1 aromatic heterocycles. The fraction of sp³-hybridized carbons (Fsp3) is 0.467. The Balaban J connectivity index is 1.17. The van der Waals surface area contributed by atoms with Gasteiger partial charge in [0.1, 0.15) is 6.61 Å². The van der Waals surface area contributed by atoms with E-state index in [1.54, 1.807) is 4.90 Å². The predicted octanol–water partition coefficient (Wildman–Crippen LogP) is 6.13. The van der Waals surface area contributed by atoms with Gasteiger partial charge >= 0.3 is 6.09 Å². The minimum absolute atomic E-state index is 0.308. The van der Waals surface area contributed by atoms with Gasteiger partial charge in [0.25, 0.3) is 0 Å². The van der Waals surface area contributed by atoms with Gasteiger partial charge in [0.15, 0.2) is 17.6 Å². The lowest BCUT2D eigenvalue weighted by molar-refractivity contribution is 0.0199. The lowest BCUT2D eigenvalue weighted by Crippen LogP contribution is -2.52. The number of nitrogens with one attached hydrogen (secondary N) is 1. The van der Waals surface area contributed by atoms with Gasteiger partial charge in [-0.1, -0.05) is 18.2 Å². The molecule has 7 nitrogen and oxygen atoms in total. The summed E-state index contributed by atoms with van der Waals surface area (Å²) < 4.78 is 18.1. The number of hydrogen-bond donors (Lipinski definition) is 1. The average Bonchev–Trinajstić information content (AvgIpc) is 2.88. The molecular weight excluding hydrogens is 466 g/mol. The van der Waals surface area contributed by atoms with Crippen LogP contribution in [0.4, 0.5) is 10.5 Å². The molecule has 0 radical (unpaired) electrons. The normalized spacial score (nSPS) is 18.6. The maximum Gasteiger partial charge on any atom is 0.410 e. The fourth-order valence-corrected chi connectivity index (χ4v) is 5.08. The molecule has 2 aromatic carbocycles. The number of fused-ring (bicyclic) bond motifs is 4. The van der Waals surface area contributed by atoms with E-state index in [-0.39, 0.29) is 12.2 Å². The second kappa shape index (κ2) is 10.5. The molecule has 2 atom stereocenters. The van der Waals surface area contributed by atoms with Crippen molar-refractivity contribution in [2.24, 2.45) is 0 Å². The molecule has 5 rings (SSSR count). The van der Waals surface area contributed by atoms with Gasteiger partial charge in [-0.2, -0.15) is 0 Å². The maximum absolute atomic E-state index is 13.2. The van der Waals surface area contributed by atoms with Gasteiger partial charge in [0.05, 0.1) is 18.7 Å². The largest absolute Gasteiger partial charge is 0.486 e. The number of nitrogens with zero attached hydrogens (tertiary/aromatic N) is 2. The number of carbonyl (C=O) groups is 1. The van der Waals surface area contributed by atoms with Crippen LogP contribution in [0.2, 0.25) is 0 Å². The molecule has 1 N–H and O–H groups in total. The number of aryl methyl sites for hydroxylation is 2. The zero-order valence-electron chi connectivity index (χ0n) is 22.3. The highest BCUT2D eigenvalue weighted by molar-refractivity contribution is 5.88. The Hall–Kier alpha value is -3.48. The van der Waals surface area contributed by atoms with Crippen molar-refractivity contribution in [2.75, 3.05) is 25.1 Å². The highest BCUT2D eigenvalue weighted by Gasteiger charge is 2.33. The molecule has 0 aliphatic carbocycles. The van der Waals surface area contributed by atoms with Crippen molar-refractivity contribution in [3.8, 4) is 11.5 Å². The fourth-order valence-electron chi connectivity index (χ4n) is 5.08. The summed E-state index contributed by atoms with van der Waals surface area (Å²) in [6.07, 6.45) is 3.34. The number of para-hydroxylation sites is 1. The van der Waals surface area contributed by atoms with Gasteiger partial charge in [-0.25, -0.2) is 4.79 Å². The molecule has 7 heteroatoms.